The van der Waals surface area contributed by atoms with E-state index in [9.17, 15) is 4.79 Å². The Hall–Kier alpha value is -1.35. The molecule has 2 unspecified atom stereocenters. The van der Waals surface area contributed by atoms with E-state index in [4.69, 9.17) is 0 Å². The molecular formula is C23H36N2O. The summed E-state index contributed by atoms with van der Waals surface area (Å²) in [6.07, 6.45) is 9.05. The maximum Gasteiger partial charge on any atom is 0.220 e. The van der Waals surface area contributed by atoms with Crippen molar-refractivity contribution in [1.29, 1.82) is 0 Å². The summed E-state index contributed by atoms with van der Waals surface area (Å²) >= 11 is 0. The molecule has 1 saturated carbocycles. The van der Waals surface area contributed by atoms with Crippen molar-refractivity contribution in [3.63, 3.8) is 0 Å². The summed E-state index contributed by atoms with van der Waals surface area (Å²) in [5.41, 5.74) is 3.03. The molecule has 1 aliphatic carbocycles. The monoisotopic (exact) mass is 356 g/mol. The van der Waals surface area contributed by atoms with Crippen molar-refractivity contribution in [2.75, 3.05) is 6.54 Å². The molecule has 0 aromatic heterocycles. The van der Waals surface area contributed by atoms with Gasteiger partial charge in [-0.15, -0.1) is 0 Å². The number of rotatable bonds is 6. The first-order valence-electron chi connectivity index (χ1n) is 10.6. The molecule has 2 fully saturated rings. The predicted octanol–water partition coefficient (Wildman–Crippen LogP) is 4.69. The second-order valence-corrected chi connectivity index (χ2v) is 8.90. The molecule has 1 heterocycles. The van der Waals surface area contributed by atoms with Crippen LogP contribution in [0.15, 0.2) is 24.3 Å². The van der Waals surface area contributed by atoms with Crippen LogP contribution in [0, 0.1) is 5.41 Å². The van der Waals surface area contributed by atoms with Gasteiger partial charge in [-0.1, -0.05) is 51.0 Å². The molecule has 2 aliphatic rings. The number of piperidine rings is 1. The topological polar surface area (TPSA) is 32.3 Å². The van der Waals surface area contributed by atoms with Crippen molar-refractivity contribution >= 4 is 5.91 Å². The summed E-state index contributed by atoms with van der Waals surface area (Å²) in [5, 5.41) is 3.38. The predicted molar refractivity (Wildman–Crippen MR) is 108 cm³/mol. The van der Waals surface area contributed by atoms with Crippen LogP contribution in [0.5, 0.6) is 0 Å². The third-order valence-electron chi connectivity index (χ3n) is 6.65. The van der Waals surface area contributed by atoms with E-state index in [-0.39, 0.29) is 17.4 Å². The van der Waals surface area contributed by atoms with Crippen LogP contribution in [0.25, 0.3) is 0 Å². The normalized spacial score (nSPS) is 26.0. The highest BCUT2D eigenvalue weighted by Crippen LogP contribution is 2.40. The van der Waals surface area contributed by atoms with Crippen LogP contribution in [-0.4, -0.2) is 29.4 Å². The molecule has 1 aromatic carbocycles. The number of nitrogens with one attached hydrogen (secondary N) is 1. The van der Waals surface area contributed by atoms with Crippen LogP contribution in [0.2, 0.25) is 0 Å². The zero-order valence-corrected chi connectivity index (χ0v) is 16.9. The van der Waals surface area contributed by atoms with Gasteiger partial charge in [0.1, 0.15) is 0 Å². The number of carbonyl (C=O) groups excluding carboxylic acids is 1. The standard InChI is InChI=1S/C23H36N2O/c1-4-19-9-7-10-20(15-19)17-25-14-8-11-21(18(25)2)24-22(26)16-23(3)12-5-6-13-23/h7,9-10,15,18,21H,4-6,8,11-14,16-17H2,1-3H3,(H,24,26). The molecule has 1 aliphatic heterocycles. The largest absolute Gasteiger partial charge is 0.352 e. The molecule has 26 heavy (non-hydrogen) atoms. The van der Waals surface area contributed by atoms with Crippen molar-refractivity contribution in [2.45, 2.75) is 90.8 Å². The minimum Gasteiger partial charge on any atom is -0.352 e. The number of nitrogens with zero attached hydrogens (tertiary/aromatic N) is 1. The number of amides is 1. The number of hydrogen-bond donors (Lipinski definition) is 1. The van der Waals surface area contributed by atoms with Gasteiger partial charge in [-0.05, 0) is 62.1 Å². The Labute approximate surface area is 159 Å². The van der Waals surface area contributed by atoms with Gasteiger partial charge in [0.2, 0.25) is 5.91 Å². The van der Waals surface area contributed by atoms with Gasteiger partial charge in [-0.3, -0.25) is 9.69 Å². The fourth-order valence-electron chi connectivity index (χ4n) is 4.86. The summed E-state index contributed by atoms with van der Waals surface area (Å²) in [4.78, 5) is 15.2. The average molecular weight is 357 g/mol. The summed E-state index contributed by atoms with van der Waals surface area (Å²) in [6.45, 7) is 8.89. The van der Waals surface area contributed by atoms with Crippen molar-refractivity contribution < 1.29 is 4.79 Å². The fraction of sp³-hybridized carbons (Fsp3) is 0.696. The van der Waals surface area contributed by atoms with Crippen LogP contribution in [0.4, 0.5) is 0 Å². The third-order valence-corrected chi connectivity index (χ3v) is 6.65. The second-order valence-electron chi connectivity index (χ2n) is 8.90. The lowest BCUT2D eigenvalue weighted by Gasteiger charge is -2.40. The minimum atomic E-state index is 0.238. The van der Waals surface area contributed by atoms with Gasteiger partial charge in [0.25, 0.3) is 0 Å². The molecule has 144 valence electrons. The lowest BCUT2D eigenvalue weighted by molar-refractivity contribution is -0.124. The molecule has 1 amide bonds. The van der Waals surface area contributed by atoms with Gasteiger partial charge >= 0.3 is 0 Å². The summed E-state index contributed by atoms with van der Waals surface area (Å²) in [7, 11) is 0. The van der Waals surface area contributed by atoms with Crippen LogP contribution in [0.1, 0.15) is 76.8 Å². The quantitative estimate of drug-likeness (QED) is 0.802. The second kappa shape index (κ2) is 8.56. The van der Waals surface area contributed by atoms with Crippen LogP contribution in [-0.2, 0) is 17.8 Å². The molecule has 1 N–H and O–H groups in total. The summed E-state index contributed by atoms with van der Waals surface area (Å²) in [6, 6.07) is 9.62. The Morgan fingerprint density at radius 3 is 2.69 bits per heavy atom. The molecule has 1 aromatic rings. The molecule has 1 saturated heterocycles. The first-order chi connectivity index (χ1) is 12.5. The van der Waals surface area contributed by atoms with Gasteiger partial charge in [0, 0.05) is 25.0 Å². The van der Waals surface area contributed by atoms with E-state index in [1.54, 1.807) is 0 Å². The molecular weight excluding hydrogens is 320 g/mol. The van der Waals surface area contributed by atoms with Crippen molar-refractivity contribution in [3.05, 3.63) is 35.4 Å². The Balaban J connectivity index is 1.56. The zero-order valence-electron chi connectivity index (χ0n) is 16.9. The van der Waals surface area contributed by atoms with Crippen molar-refractivity contribution in [1.82, 2.24) is 10.2 Å². The van der Waals surface area contributed by atoms with Crippen LogP contribution >= 0.6 is 0 Å². The number of hydrogen-bond acceptors (Lipinski definition) is 2. The molecule has 2 atom stereocenters. The maximum absolute atomic E-state index is 12.6. The smallest absolute Gasteiger partial charge is 0.220 e. The zero-order chi connectivity index (χ0) is 18.6. The van der Waals surface area contributed by atoms with E-state index >= 15 is 0 Å². The van der Waals surface area contributed by atoms with Crippen molar-refractivity contribution in [2.24, 2.45) is 5.41 Å². The van der Waals surface area contributed by atoms with E-state index in [1.807, 2.05) is 0 Å². The van der Waals surface area contributed by atoms with E-state index in [2.05, 4.69) is 55.3 Å². The first kappa shape index (κ1) is 19.4. The Morgan fingerprint density at radius 1 is 1.23 bits per heavy atom. The lowest BCUT2D eigenvalue weighted by Crippen LogP contribution is -2.53. The highest BCUT2D eigenvalue weighted by atomic mass is 16.1. The van der Waals surface area contributed by atoms with Crippen LogP contribution in [0.3, 0.4) is 0 Å². The number of carbonyl (C=O) groups is 1. The Bertz CT molecular complexity index is 606. The van der Waals surface area contributed by atoms with Gasteiger partial charge in [0.05, 0.1) is 0 Å². The molecule has 0 bridgehead atoms. The molecule has 0 radical (unpaired) electrons. The highest BCUT2D eigenvalue weighted by Gasteiger charge is 2.33. The van der Waals surface area contributed by atoms with Gasteiger partial charge in [-0.25, -0.2) is 0 Å². The van der Waals surface area contributed by atoms with E-state index in [1.165, 1.54) is 43.2 Å². The summed E-state index contributed by atoms with van der Waals surface area (Å²) < 4.78 is 0. The van der Waals surface area contributed by atoms with Gasteiger partial charge in [0.15, 0.2) is 0 Å². The minimum absolute atomic E-state index is 0.238. The van der Waals surface area contributed by atoms with E-state index < -0.39 is 0 Å². The number of benzene rings is 1. The molecule has 3 nitrogen and oxygen atoms in total. The third kappa shape index (κ3) is 4.88. The Morgan fingerprint density at radius 2 is 1.96 bits per heavy atom. The van der Waals surface area contributed by atoms with Crippen LogP contribution < -0.4 is 5.32 Å². The number of aryl methyl sites for hydroxylation is 1. The lowest BCUT2D eigenvalue weighted by atomic mass is 9.84. The van der Waals surface area contributed by atoms with Gasteiger partial charge < -0.3 is 5.32 Å². The van der Waals surface area contributed by atoms with E-state index in [0.29, 0.717) is 12.5 Å². The fourth-order valence-corrected chi connectivity index (χ4v) is 4.86. The number of likely N-dealkylation sites (tertiary alicyclic amines) is 1. The molecule has 3 heteroatoms. The van der Waals surface area contributed by atoms with E-state index in [0.717, 1.165) is 25.9 Å². The summed E-state index contributed by atoms with van der Waals surface area (Å²) in [5.74, 6) is 0.265. The molecule has 0 spiro atoms. The Kier molecular flexibility index (Phi) is 6.39. The average Bonchev–Trinajstić information content (AvgIpc) is 3.04. The van der Waals surface area contributed by atoms with Crippen molar-refractivity contribution in [3.8, 4) is 0 Å². The SMILES string of the molecule is CCc1cccc(CN2CCCC(NC(=O)CC3(C)CCCC3)C2C)c1. The molecule has 3 rings (SSSR count). The first-order valence-corrected chi connectivity index (χ1v) is 10.6. The highest BCUT2D eigenvalue weighted by molar-refractivity contribution is 5.77. The van der Waals surface area contributed by atoms with Gasteiger partial charge in [-0.2, -0.15) is 0 Å². The maximum atomic E-state index is 12.6.